The second-order valence-electron chi connectivity index (χ2n) is 9.19. The van der Waals surface area contributed by atoms with Crippen LogP contribution in [0.15, 0.2) is 72.8 Å². The predicted molar refractivity (Wildman–Crippen MR) is 132 cm³/mol. The molecule has 0 aromatic heterocycles. The number of amides is 1. The monoisotopic (exact) mass is 486 g/mol. The number of anilines is 2. The van der Waals surface area contributed by atoms with E-state index in [1.54, 1.807) is 42.5 Å². The van der Waals surface area contributed by atoms with Crippen LogP contribution in [0.5, 0.6) is 0 Å². The maximum Gasteiger partial charge on any atom is 0.238 e. The largest absolute Gasteiger partial charge is 0.352 e. The van der Waals surface area contributed by atoms with Crippen molar-refractivity contribution in [1.29, 1.82) is 0 Å². The number of carbonyl (C=O) groups excluding carboxylic acids is 3. The summed E-state index contributed by atoms with van der Waals surface area (Å²) in [4.78, 5) is 43.3. The van der Waals surface area contributed by atoms with Crippen molar-refractivity contribution < 1.29 is 18.8 Å². The van der Waals surface area contributed by atoms with Crippen molar-refractivity contribution >= 4 is 46.5 Å². The number of hydrogen-bond acceptors (Lipinski definition) is 4. The fraction of sp³-hybridized carbons (Fsp3) is 0.179. The third-order valence-corrected chi connectivity index (χ3v) is 7.67. The van der Waals surface area contributed by atoms with E-state index in [0.717, 1.165) is 0 Å². The highest BCUT2D eigenvalue weighted by atomic mass is 35.5. The second kappa shape index (κ2) is 7.62. The first-order valence-electron chi connectivity index (χ1n) is 11.3. The molecule has 4 atom stereocenters. The van der Waals surface area contributed by atoms with Crippen LogP contribution in [0.25, 0.3) is 6.08 Å². The minimum Gasteiger partial charge on any atom is -0.352 e. The van der Waals surface area contributed by atoms with Gasteiger partial charge in [-0.15, -0.1) is 0 Å². The van der Waals surface area contributed by atoms with E-state index in [1.165, 1.54) is 19.1 Å². The molecular weight excluding hydrogens is 467 g/mol. The van der Waals surface area contributed by atoms with Crippen LogP contribution < -0.4 is 10.2 Å². The molecule has 1 amide bonds. The standard InChI is InChI=1S/C28H20ClFN2O3/c1-15(33)25-24(26(34)16-6-9-18(29)10-7-16)28(20-4-2-3-5-21(20)31-27(28)35)23-13-8-17-14-19(30)11-12-22(17)32(23)25/h2-14,23-25H,1H3,(H,31,35)/t23-,24+,25+,28-/m0/s1. The Labute approximate surface area is 206 Å². The van der Waals surface area contributed by atoms with Gasteiger partial charge in [-0.05, 0) is 61.0 Å². The molecule has 3 aliphatic rings. The fourth-order valence-electron chi connectivity index (χ4n) is 6.10. The van der Waals surface area contributed by atoms with Crippen LogP contribution in [0.3, 0.4) is 0 Å². The average Bonchev–Trinajstić information content (AvgIpc) is 3.32. The molecule has 0 saturated carbocycles. The van der Waals surface area contributed by atoms with Crippen LogP contribution in [0.1, 0.15) is 28.4 Å². The number of hydrogen-bond donors (Lipinski definition) is 1. The highest BCUT2D eigenvalue weighted by Gasteiger charge is 2.69. The summed E-state index contributed by atoms with van der Waals surface area (Å²) in [5.74, 6) is -2.32. The van der Waals surface area contributed by atoms with Gasteiger partial charge in [-0.1, -0.05) is 42.0 Å². The molecule has 35 heavy (non-hydrogen) atoms. The van der Waals surface area contributed by atoms with Crippen LogP contribution in [0, 0.1) is 11.7 Å². The lowest BCUT2D eigenvalue weighted by Crippen LogP contribution is -2.51. The Kier molecular flexibility index (Phi) is 4.73. The zero-order valence-electron chi connectivity index (χ0n) is 18.7. The molecule has 1 fully saturated rings. The van der Waals surface area contributed by atoms with E-state index in [2.05, 4.69) is 5.32 Å². The van der Waals surface area contributed by atoms with Gasteiger partial charge in [0.15, 0.2) is 11.6 Å². The van der Waals surface area contributed by atoms with Gasteiger partial charge < -0.3 is 10.2 Å². The molecule has 6 rings (SSSR count). The molecule has 7 heteroatoms. The Balaban J connectivity index is 1.65. The van der Waals surface area contributed by atoms with E-state index in [-0.39, 0.29) is 17.5 Å². The van der Waals surface area contributed by atoms with Crippen molar-refractivity contribution in [3.8, 4) is 0 Å². The molecule has 1 N–H and O–H groups in total. The number of ketones is 2. The van der Waals surface area contributed by atoms with E-state index < -0.39 is 29.2 Å². The van der Waals surface area contributed by atoms with Crippen molar-refractivity contribution in [3.63, 3.8) is 0 Å². The normalized spacial score (nSPS) is 25.7. The third-order valence-electron chi connectivity index (χ3n) is 7.42. The van der Waals surface area contributed by atoms with E-state index >= 15 is 0 Å². The first-order valence-corrected chi connectivity index (χ1v) is 11.7. The molecule has 0 aliphatic carbocycles. The zero-order valence-corrected chi connectivity index (χ0v) is 19.4. The summed E-state index contributed by atoms with van der Waals surface area (Å²) in [7, 11) is 0. The van der Waals surface area contributed by atoms with Crippen LogP contribution in [-0.4, -0.2) is 29.6 Å². The Bertz CT molecular complexity index is 1450. The van der Waals surface area contributed by atoms with Crippen molar-refractivity contribution in [2.75, 3.05) is 10.2 Å². The van der Waals surface area contributed by atoms with Crippen molar-refractivity contribution in [2.45, 2.75) is 24.4 Å². The number of carbonyl (C=O) groups is 3. The van der Waals surface area contributed by atoms with Gasteiger partial charge in [-0.2, -0.15) is 0 Å². The smallest absolute Gasteiger partial charge is 0.238 e. The van der Waals surface area contributed by atoms with Gasteiger partial charge in [0.1, 0.15) is 11.2 Å². The summed E-state index contributed by atoms with van der Waals surface area (Å²) < 4.78 is 14.1. The minimum absolute atomic E-state index is 0.248. The maximum atomic E-state index is 14.2. The Morgan fingerprint density at radius 2 is 1.80 bits per heavy atom. The summed E-state index contributed by atoms with van der Waals surface area (Å²) >= 11 is 6.06. The molecule has 3 heterocycles. The molecule has 174 valence electrons. The number of nitrogens with one attached hydrogen (secondary N) is 1. The van der Waals surface area contributed by atoms with E-state index in [4.69, 9.17) is 11.6 Å². The molecule has 3 aliphatic heterocycles. The summed E-state index contributed by atoms with van der Waals surface area (Å²) in [6.07, 6.45) is 3.58. The predicted octanol–water partition coefficient (Wildman–Crippen LogP) is 5.04. The van der Waals surface area contributed by atoms with Crippen molar-refractivity contribution in [2.24, 2.45) is 5.92 Å². The third kappa shape index (κ3) is 2.89. The number of benzene rings is 3. The SMILES string of the molecule is CC(=O)[C@@H]1[C@H](C(=O)c2ccc(Cl)cc2)[C@@]2(C(=O)Nc3ccccc32)[C@@H]2C=Cc3cc(F)ccc3N12. The van der Waals surface area contributed by atoms with Crippen LogP contribution in [0.2, 0.25) is 5.02 Å². The Morgan fingerprint density at radius 1 is 1.06 bits per heavy atom. The molecule has 0 bridgehead atoms. The summed E-state index contributed by atoms with van der Waals surface area (Å²) in [5.41, 5.74) is 1.51. The molecule has 0 radical (unpaired) electrons. The lowest BCUT2D eigenvalue weighted by molar-refractivity contribution is -0.122. The fourth-order valence-corrected chi connectivity index (χ4v) is 6.22. The molecule has 3 aromatic rings. The first-order chi connectivity index (χ1) is 16.8. The molecular formula is C28H20ClFN2O3. The van der Waals surface area contributed by atoms with E-state index in [1.807, 2.05) is 29.2 Å². The molecule has 1 saturated heterocycles. The van der Waals surface area contributed by atoms with Crippen LogP contribution in [-0.2, 0) is 15.0 Å². The van der Waals surface area contributed by atoms with Gasteiger partial charge in [0.05, 0.1) is 18.0 Å². The highest BCUT2D eigenvalue weighted by Crippen LogP contribution is 2.57. The number of halogens is 2. The summed E-state index contributed by atoms with van der Waals surface area (Å²) in [6.45, 7) is 1.43. The van der Waals surface area contributed by atoms with Crippen LogP contribution >= 0.6 is 11.6 Å². The first kappa shape index (κ1) is 21.7. The Morgan fingerprint density at radius 3 is 2.54 bits per heavy atom. The average molecular weight is 487 g/mol. The minimum atomic E-state index is -1.35. The Hall–Kier alpha value is -3.77. The van der Waals surface area contributed by atoms with Gasteiger partial charge in [-0.3, -0.25) is 14.4 Å². The van der Waals surface area contributed by atoms with Crippen molar-refractivity contribution in [3.05, 3.63) is 100 Å². The summed E-state index contributed by atoms with van der Waals surface area (Å²) in [6, 6.07) is 16.5. The van der Waals surface area contributed by atoms with E-state index in [0.29, 0.717) is 33.1 Å². The number of fused-ring (bicyclic) bond motifs is 6. The lowest BCUT2D eigenvalue weighted by atomic mass is 9.64. The van der Waals surface area contributed by atoms with Gasteiger partial charge >= 0.3 is 0 Å². The van der Waals surface area contributed by atoms with Gasteiger partial charge in [0, 0.05) is 27.5 Å². The zero-order chi connectivity index (χ0) is 24.5. The molecule has 5 nitrogen and oxygen atoms in total. The lowest BCUT2D eigenvalue weighted by Gasteiger charge is -2.37. The van der Waals surface area contributed by atoms with E-state index in [9.17, 15) is 18.8 Å². The topological polar surface area (TPSA) is 66.5 Å². The number of rotatable bonds is 3. The summed E-state index contributed by atoms with van der Waals surface area (Å²) in [5, 5.41) is 3.43. The van der Waals surface area contributed by atoms with Crippen LogP contribution in [0.4, 0.5) is 15.8 Å². The molecule has 1 spiro atoms. The maximum absolute atomic E-state index is 14.2. The van der Waals surface area contributed by atoms with Crippen molar-refractivity contribution in [1.82, 2.24) is 0 Å². The molecule has 3 aromatic carbocycles. The number of Topliss-reactive ketones (excluding diaryl/α,β-unsaturated/α-hetero) is 2. The molecule has 0 unspecified atom stereocenters. The van der Waals surface area contributed by atoms with Gasteiger partial charge in [-0.25, -0.2) is 4.39 Å². The van der Waals surface area contributed by atoms with Gasteiger partial charge in [0.2, 0.25) is 5.91 Å². The highest BCUT2D eigenvalue weighted by molar-refractivity contribution is 6.30. The number of nitrogens with zero attached hydrogens (tertiary/aromatic N) is 1. The van der Waals surface area contributed by atoms with Gasteiger partial charge in [0.25, 0.3) is 0 Å². The number of para-hydroxylation sites is 1. The quantitative estimate of drug-likeness (QED) is 0.527. The second-order valence-corrected chi connectivity index (χ2v) is 9.62.